The summed E-state index contributed by atoms with van der Waals surface area (Å²) in [5.41, 5.74) is 1.84. The van der Waals surface area contributed by atoms with E-state index in [9.17, 15) is 8.78 Å². The summed E-state index contributed by atoms with van der Waals surface area (Å²) in [4.78, 5) is 10.4. The molecule has 0 saturated carbocycles. The molecule has 1 fully saturated rings. The number of anilines is 3. The predicted octanol–water partition coefficient (Wildman–Crippen LogP) is 4.45. The number of hydrogen-bond acceptors (Lipinski definition) is 8. The van der Waals surface area contributed by atoms with Gasteiger partial charge in [-0.15, -0.1) is 17.5 Å². The summed E-state index contributed by atoms with van der Waals surface area (Å²) >= 11 is 0. The van der Waals surface area contributed by atoms with Crippen molar-refractivity contribution in [3.63, 3.8) is 0 Å². The average Bonchev–Trinajstić information content (AvgIpc) is 2.86. The minimum Gasteiger partial charge on any atom is -0.486 e. The first-order valence-corrected chi connectivity index (χ1v) is 11.6. The molecule has 35 heavy (non-hydrogen) atoms. The lowest BCUT2D eigenvalue weighted by Crippen LogP contribution is -2.38. The van der Waals surface area contributed by atoms with Crippen molar-refractivity contribution in [2.75, 3.05) is 36.5 Å². The molecular weight excluding hydrogens is 476 g/mol. The number of ether oxygens (including phenoxy) is 1. The molecule has 4 heterocycles. The monoisotopic (exact) mass is 503 g/mol. The maximum Gasteiger partial charge on any atom is 0.229 e. The van der Waals surface area contributed by atoms with Crippen LogP contribution in [0.5, 0.6) is 5.75 Å². The Morgan fingerprint density at radius 2 is 1.91 bits per heavy atom. The van der Waals surface area contributed by atoms with Crippen LogP contribution in [-0.4, -0.2) is 52.4 Å². The van der Waals surface area contributed by atoms with Crippen molar-refractivity contribution in [3.05, 3.63) is 47.8 Å². The Hall–Kier alpha value is -3.11. The molecule has 0 atom stereocenters. The van der Waals surface area contributed by atoms with E-state index in [4.69, 9.17) is 4.74 Å². The number of fused-ring (bicyclic) bond motifs is 1. The molecule has 0 amide bonds. The zero-order valence-corrected chi connectivity index (χ0v) is 20.4. The molecule has 1 saturated heterocycles. The van der Waals surface area contributed by atoms with Gasteiger partial charge in [0.1, 0.15) is 12.3 Å². The third-order valence-electron chi connectivity index (χ3n) is 6.24. The largest absolute Gasteiger partial charge is 0.486 e. The van der Waals surface area contributed by atoms with Crippen LogP contribution in [0, 0.1) is 11.6 Å². The number of piperidine rings is 1. The number of halogens is 3. The SMILES string of the molecule is CC(C)N1CCOc2c(F)cc(-c3nc(Nc4ccc(C5CCNCC5)nn4)ncc3F)cc21.Cl. The fourth-order valence-electron chi connectivity index (χ4n) is 4.46. The summed E-state index contributed by atoms with van der Waals surface area (Å²) in [6.07, 6.45) is 3.13. The Morgan fingerprint density at radius 1 is 1.11 bits per heavy atom. The quantitative estimate of drug-likeness (QED) is 0.528. The highest BCUT2D eigenvalue weighted by atomic mass is 35.5. The van der Waals surface area contributed by atoms with Gasteiger partial charge in [-0.25, -0.2) is 18.7 Å². The van der Waals surface area contributed by atoms with E-state index in [0.717, 1.165) is 37.8 Å². The topological polar surface area (TPSA) is 88.1 Å². The van der Waals surface area contributed by atoms with Gasteiger partial charge in [-0.05, 0) is 64.0 Å². The van der Waals surface area contributed by atoms with Crippen LogP contribution >= 0.6 is 12.4 Å². The van der Waals surface area contributed by atoms with E-state index in [1.54, 1.807) is 6.07 Å². The van der Waals surface area contributed by atoms with Gasteiger partial charge in [-0.1, -0.05) is 0 Å². The molecule has 2 aliphatic rings. The van der Waals surface area contributed by atoms with Crippen molar-refractivity contribution in [3.8, 4) is 17.0 Å². The molecule has 0 unspecified atom stereocenters. The Morgan fingerprint density at radius 3 is 2.63 bits per heavy atom. The second-order valence-corrected chi connectivity index (χ2v) is 8.82. The molecule has 0 bridgehead atoms. The van der Waals surface area contributed by atoms with Gasteiger partial charge in [0.05, 0.1) is 24.1 Å². The Kier molecular flexibility index (Phi) is 7.61. The van der Waals surface area contributed by atoms with Crippen molar-refractivity contribution in [1.29, 1.82) is 0 Å². The average molecular weight is 504 g/mol. The van der Waals surface area contributed by atoms with Gasteiger partial charge < -0.3 is 20.3 Å². The van der Waals surface area contributed by atoms with E-state index in [1.165, 1.54) is 6.07 Å². The van der Waals surface area contributed by atoms with Crippen LogP contribution in [-0.2, 0) is 0 Å². The van der Waals surface area contributed by atoms with Gasteiger partial charge in [0.2, 0.25) is 5.95 Å². The molecule has 0 aliphatic carbocycles. The number of rotatable bonds is 5. The number of aromatic nitrogens is 4. The van der Waals surface area contributed by atoms with Crippen LogP contribution < -0.4 is 20.3 Å². The second kappa shape index (κ2) is 10.7. The minimum absolute atomic E-state index is 0. The Balaban J connectivity index is 0.00000289. The lowest BCUT2D eigenvalue weighted by atomic mass is 9.94. The molecule has 0 spiro atoms. The van der Waals surface area contributed by atoms with Gasteiger partial charge in [0.15, 0.2) is 23.2 Å². The molecule has 3 aromatic rings. The minimum atomic E-state index is -0.648. The van der Waals surface area contributed by atoms with Crippen molar-refractivity contribution in [1.82, 2.24) is 25.5 Å². The zero-order valence-electron chi connectivity index (χ0n) is 19.6. The first kappa shape index (κ1) is 25.0. The number of nitrogens with zero attached hydrogens (tertiary/aromatic N) is 5. The summed E-state index contributed by atoms with van der Waals surface area (Å²) in [5.74, 6) is -0.0261. The summed E-state index contributed by atoms with van der Waals surface area (Å²) in [5, 5.41) is 14.9. The van der Waals surface area contributed by atoms with Crippen molar-refractivity contribution < 1.29 is 13.5 Å². The molecule has 11 heteroatoms. The van der Waals surface area contributed by atoms with Gasteiger partial charge in [-0.3, -0.25) is 0 Å². The smallest absolute Gasteiger partial charge is 0.229 e. The molecule has 2 N–H and O–H groups in total. The Labute approximate surface area is 208 Å². The molecule has 8 nitrogen and oxygen atoms in total. The maximum absolute atomic E-state index is 14.9. The highest BCUT2D eigenvalue weighted by molar-refractivity contribution is 5.85. The Bertz CT molecular complexity index is 1170. The maximum atomic E-state index is 14.9. The summed E-state index contributed by atoms with van der Waals surface area (Å²) in [7, 11) is 0. The first-order chi connectivity index (χ1) is 16.5. The number of benzene rings is 1. The fourth-order valence-corrected chi connectivity index (χ4v) is 4.46. The molecule has 1 aromatic carbocycles. The van der Waals surface area contributed by atoms with Crippen LogP contribution in [0.3, 0.4) is 0 Å². The molecule has 2 aliphatic heterocycles. The molecule has 186 valence electrons. The predicted molar refractivity (Wildman–Crippen MR) is 133 cm³/mol. The lowest BCUT2D eigenvalue weighted by molar-refractivity contribution is 0.287. The number of nitrogens with one attached hydrogen (secondary N) is 2. The zero-order chi connectivity index (χ0) is 23.7. The van der Waals surface area contributed by atoms with E-state index in [0.29, 0.717) is 36.1 Å². The summed E-state index contributed by atoms with van der Waals surface area (Å²) in [6, 6.07) is 6.84. The first-order valence-electron chi connectivity index (χ1n) is 11.6. The number of hydrogen-bond donors (Lipinski definition) is 2. The summed E-state index contributed by atoms with van der Waals surface area (Å²) in [6.45, 7) is 7.01. The second-order valence-electron chi connectivity index (χ2n) is 8.82. The molecule has 5 rings (SSSR count). The third-order valence-corrected chi connectivity index (χ3v) is 6.24. The van der Waals surface area contributed by atoms with E-state index in [1.807, 2.05) is 30.9 Å². The van der Waals surface area contributed by atoms with E-state index in [2.05, 4.69) is 30.8 Å². The van der Waals surface area contributed by atoms with Crippen LogP contribution in [0.1, 0.15) is 38.3 Å². The van der Waals surface area contributed by atoms with E-state index < -0.39 is 11.6 Å². The highest BCUT2D eigenvalue weighted by Gasteiger charge is 2.26. The van der Waals surface area contributed by atoms with Crippen LogP contribution in [0.2, 0.25) is 0 Å². The van der Waals surface area contributed by atoms with Crippen LogP contribution in [0.4, 0.5) is 26.2 Å². The van der Waals surface area contributed by atoms with Gasteiger partial charge in [0, 0.05) is 17.5 Å². The fraction of sp³-hybridized carbons (Fsp3) is 0.417. The van der Waals surface area contributed by atoms with E-state index in [-0.39, 0.29) is 35.8 Å². The normalized spacial score (nSPS) is 15.9. The molecule has 0 radical (unpaired) electrons. The lowest BCUT2D eigenvalue weighted by Gasteiger charge is -2.34. The van der Waals surface area contributed by atoms with Crippen molar-refractivity contribution in [2.45, 2.75) is 38.6 Å². The van der Waals surface area contributed by atoms with Crippen molar-refractivity contribution in [2.24, 2.45) is 0 Å². The van der Waals surface area contributed by atoms with Gasteiger partial charge in [0.25, 0.3) is 0 Å². The van der Waals surface area contributed by atoms with Crippen molar-refractivity contribution >= 4 is 29.9 Å². The van der Waals surface area contributed by atoms with Gasteiger partial charge in [-0.2, -0.15) is 5.10 Å². The summed E-state index contributed by atoms with van der Waals surface area (Å²) < 4.78 is 35.1. The molecule has 2 aromatic heterocycles. The highest BCUT2D eigenvalue weighted by Crippen LogP contribution is 2.39. The van der Waals surface area contributed by atoms with Gasteiger partial charge >= 0.3 is 0 Å². The van der Waals surface area contributed by atoms with E-state index >= 15 is 0 Å². The van der Waals surface area contributed by atoms with Crippen LogP contribution in [0.15, 0.2) is 30.5 Å². The third kappa shape index (κ3) is 5.28. The molecular formula is C24H28ClF2N7O. The van der Waals surface area contributed by atoms with Crippen LogP contribution in [0.25, 0.3) is 11.3 Å². The standard InChI is InChI=1S/C24H27F2N7O.ClH/c1-14(2)33-9-10-34-23-17(25)11-16(12-20(23)33)22-18(26)13-28-24(30-22)29-21-4-3-19(31-32-21)15-5-7-27-8-6-15;/h3-4,11-15,27H,5-10H2,1-2H3,(H,28,29,30,32);1H.